The molecular formula is C30H25ClN4O6S. The summed E-state index contributed by atoms with van der Waals surface area (Å²) in [5.74, 6) is -1.09. The van der Waals surface area contributed by atoms with Gasteiger partial charge in [0, 0.05) is 35.9 Å². The minimum Gasteiger partial charge on any atom is -0.497 e. The monoisotopic (exact) mass is 604 g/mol. The molecule has 12 heteroatoms. The number of carbonyl (C=O) groups is 3. The van der Waals surface area contributed by atoms with E-state index in [4.69, 9.17) is 16.3 Å². The molecule has 4 aromatic rings. The molecule has 3 amide bonds. The molecule has 42 heavy (non-hydrogen) atoms. The number of amides is 3. The molecule has 0 radical (unpaired) electrons. The second-order valence-electron chi connectivity index (χ2n) is 9.50. The quantitative estimate of drug-likeness (QED) is 0.310. The van der Waals surface area contributed by atoms with Crippen molar-refractivity contribution in [1.82, 2.24) is 14.6 Å². The van der Waals surface area contributed by atoms with E-state index < -0.39 is 22.0 Å². The molecule has 0 saturated carbocycles. The lowest BCUT2D eigenvalue weighted by Crippen LogP contribution is -2.46. The van der Waals surface area contributed by atoms with Crippen molar-refractivity contribution in [3.05, 3.63) is 119 Å². The van der Waals surface area contributed by atoms with Crippen LogP contribution >= 0.6 is 11.6 Å². The number of hydrogen-bond acceptors (Lipinski definition) is 7. The predicted octanol–water partition coefficient (Wildman–Crippen LogP) is 4.07. The summed E-state index contributed by atoms with van der Waals surface area (Å²) in [4.78, 5) is 45.4. The molecule has 10 nitrogen and oxygen atoms in total. The Morgan fingerprint density at radius 3 is 2.43 bits per heavy atom. The Kier molecular flexibility index (Phi) is 8.23. The Balaban J connectivity index is 1.38. The second kappa shape index (κ2) is 12.0. The fraction of sp³-hybridized carbons (Fsp3) is 0.133. The number of nitrogens with zero attached hydrogens (tertiary/aromatic N) is 2. The largest absolute Gasteiger partial charge is 0.497 e. The van der Waals surface area contributed by atoms with Gasteiger partial charge in [0.05, 0.1) is 23.3 Å². The van der Waals surface area contributed by atoms with E-state index in [-0.39, 0.29) is 35.2 Å². The van der Waals surface area contributed by atoms with Gasteiger partial charge in [0.2, 0.25) is 5.91 Å². The molecule has 2 heterocycles. The van der Waals surface area contributed by atoms with E-state index in [0.29, 0.717) is 27.6 Å². The first-order valence-corrected chi connectivity index (χ1v) is 14.6. The highest BCUT2D eigenvalue weighted by molar-refractivity contribution is 7.90. The van der Waals surface area contributed by atoms with Crippen LogP contribution in [0.4, 0.5) is 5.69 Å². The van der Waals surface area contributed by atoms with Crippen LogP contribution < -0.4 is 14.8 Å². The Labute approximate surface area is 247 Å². The number of benzene rings is 3. The first-order valence-electron chi connectivity index (χ1n) is 12.7. The van der Waals surface area contributed by atoms with Gasteiger partial charge in [-0.2, -0.15) is 0 Å². The number of sulfonamides is 1. The molecule has 2 N–H and O–H groups in total. The molecule has 214 valence electrons. The molecule has 3 aromatic carbocycles. The van der Waals surface area contributed by atoms with Crippen LogP contribution in [-0.4, -0.2) is 49.2 Å². The molecule has 5 rings (SSSR count). The Morgan fingerprint density at radius 2 is 1.76 bits per heavy atom. The van der Waals surface area contributed by atoms with Crippen LogP contribution in [0.2, 0.25) is 5.02 Å². The van der Waals surface area contributed by atoms with Crippen LogP contribution in [-0.2, 0) is 27.8 Å². The Hall–Kier alpha value is -4.74. The summed E-state index contributed by atoms with van der Waals surface area (Å²) in [7, 11) is -2.66. The lowest BCUT2D eigenvalue weighted by Gasteiger charge is -2.29. The lowest BCUT2D eigenvalue weighted by atomic mass is 10.0. The average molecular weight is 605 g/mol. The summed E-state index contributed by atoms with van der Waals surface area (Å²) >= 11 is 6.13. The molecule has 1 aliphatic rings. The maximum Gasteiger partial charge on any atom is 0.264 e. The third-order valence-corrected chi connectivity index (χ3v) is 8.31. The lowest BCUT2D eigenvalue weighted by molar-refractivity contribution is -0.120. The zero-order valence-corrected chi connectivity index (χ0v) is 23.9. The van der Waals surface area contributed by atoms with Gasteiger partial charge in [0.25, 0.3) is 21.8 Å². The van der Waals surface area contributed by atoms with Gasteiger partial charge in [-0.3, -0.25) is 19.4 Å². The number of pyridine rings is 1. The average Bonchev–Trinajstić information content (AvgIpc) is 3.07. The number of rotatable bonds is 8. The van der Waals surface area contributed by atoms with Crippen LogP contribution in [0.15, 0.2) is 96.2 Å². The van der Waals surface area contributed by atoms with Crippen molar-refractivity contribution in [2.24, 2.45) is 0 Å². The molecule has 0 saturated heterocycles. The van der Waals surface area contributed by atoms with Crippen molar-refractivity contribution in [1.29, 1.82) is 0 Å². The molecule has 0 fully saturated rings. The molecular weight excluding hydrogens is 580 g/mol. The van der Waals surface area contributed by atoms with Gasteiger partial charge >= 0.3 is 0 Å². The standard InChI is InChI=1S/C30H25ClN4O6S/c1-41-23-9-11-24(12-10-23)42(39,40)34-28(36)21-6-4-19(5-7-21)18-35-27(15-20-3-2-14-32-17-20)29(37)33-26-16-22(31)8-13-25(26)30(35)38/h2-14,16-17,27H,15,18H2,1H3,(H,33,37)(H,34,36). The summed E-state index contributed by atoms with van der Waals surface area (Å²) in [6, 6.07) is 19.1. The first kappa shape index (κ1) is 28.8. The smallest absolute Gasteiger partial charge is 0.264 e. The van der Waals surface area contributed by atoms with E-state index in [1.807, 2.05) is 6.07 Å². The molecule has 0 bridgehead atoms. The summed E-state index contributed by atoms with van der Waals surface area (Å²) in [5.41, 5.74) is 2.11. The van der Waals surface area contributed by atoms with E-state index in [1.165, 1.54) is 54.5 Å². The van der Waals surface area contributed by atoms with Crippen molar-refractivity contribution in [2.75, 3.05) is 12.4 Å². The minimum atomic E-state index is -4.12. The zero-order valence-electron chi connectivity index (χ0n) is 22.3. The normalized spacial score (nSPS) is 14.9. The van der Waals surface area contributed by atoms with Gasteiger partial charge in [-0.1, -0.05) is 29.8 Å². The minimum absolute atomic E-state index is 0.0469. The summed E-state index contributed by atoms with van der Waals surface area (Å²) in [5, 5.41) is 3.20. The number of carbonyl (C=O) groups excluding carboxylic acids is 3. The number of anilines is 1. The van der Waals surface area contributed by atoms with Gasteiger partial charge < -0.3 is 15.0 Å². The number of ether oxygens (including phenoxy) is 1. The second-order valence-corrected chi connectivity index (χ2v) is 11.6. The van der Waals surface area contributed by atoms with Crippen molar-refractivity contribution < 1.29 is 27.5 Å². The SMILES string of the molecule is COc1ccc(S(=O)(=O)NC(=O)c2ccc(CN3C(=O)c4ccc(Cl)cc4NC(=O)C3Cc3cccnc3)cc2)cc1. The topological polar surface area (TPSA) is 135 Å². The molecule has 1 atom stereocenters. The number of aromatic nitrogens is 1. The molecule has 0 aliphatic carbocycles. The predicted molar refractivity (Wildman–Crippen MR) is 156 cm³/mol. The van der Waals surface area contributed by atoms with Crippen LogP contribution in [0.1, 0.15) is 31.8 Å². The fourth-order valence-corrected chi connectivity index (χ4v) is 5.69. The van der Waals surface area contributed by atoms with Crippen LogP contribution in [0.5, 0.6) is 5.75 Å². The van der Waals surface area contributed by atoms with E-state index in [2.05, 4.69) is 15.0 Å². The van der Waals surface area contributed by atoms with Gasteiger partial charge in [-0.15, -0.1) is 0 Å². The number of halogens is 1. The van der Waals surface area contributed by atoms with Gasteiger partial charge in [-0.05, 0) is 71.8 Å². The van der Waals surface area contributed by atoms with Crippen LogP contribution in [0.25, 0.3) is 0 Å². The number of fused-ring (bicyclic) bond motifs is 1. The maximum atomic E-state index is 13.7. The highest BCUT2D eigenvalue weighted by Crippen LogP contribution is 2.29. The molecule has 1 aliphatic heterocycles. The van der Waals surface area contributed by atoms with Crippen molar-refractivity contribution in [2.45, 2.75) is 23.9 Å². The summed E-state index contributed by atoms with van der Waals surface area (Å²) < 4.78 is 32.5. The third kappa shape index (κ3) is 6.27. The van der Waals surface area contributed by atoms with Crippen LogP contribution in [0.3, 0.4) is 0 Å². The highest BCUT2D eigenvalue weighted by Gasteiger charge is 2.35. The first-order chi connectivity index (χ1) is 20.1. The molecule has 0 spiro atoms. The Bertz CT molecular complexity index is 1750. The van der Waals surface area contributed by atoms with E-state index in [0.717, 1.165) is 5.56 Å². The van der Waals surface area contributed by atoms with Gasteiger partial charge in [0.1, 0.15) is 11.8 Å². The highest BCUT2D eigenvalue weighted by atomic mass is 35.5. The summed E-state index contributed by atoms with van der Waals surface area (Å²) in [6.45, 7) is 0.0469. The zero-order chi connectivity index (χ0) is 29.9. The molecule has 1 unspecified atom stereocenters. The van der Waals surface area contributed by atoms with E-state index in [1.54, 1.807) is 42.7 Å². The van der Waals surface area contributed by atoms with E-state index in [9.17, 15) is 22.8 Å². The maximum absolute atomic E-state index is 13.7. The molecule has 1 aromatic heterocycles. The fourth-order valence-electron chi connectivity index (χ4n) is 4.54. The number of hydrogen-bond donors (Lipinski definition) is 2. The summed E-state index contributed by atoms with van der Waals surface area (Å²) in [6.07, 6.45) is 3.48. The van der Waals surface area contributed by atoms with Gasteiger partial charge in [0.15, 0.2) is 0 Å². The van der Waals surface area contributed by atoms with Crippen molar-refractivity contribution in [3.63, 3.8) is 0 Å². The number of nitrogens with one attached hydrogen (secondary N) is 2. The van der Waals surface area contributed by atoms with Crippen LogP contribution in [0, 0.1) is 0 Å². The van der Waals surface area contributed by atoms with Crippen molar-refractivity contribution in [3.8, 4) is 5.75 Å². The van der Waals surface area contributed by atoms with E-state index >= 15 is 0 Å². The third-order valence-electron chi connectivity index (χ3n) is 6.73. The number of methoxy groups -OCH3 is 1. The van der Waals surface area contributed by atoms with Crippen molar-refractivity contribution >= 4 is 45.0 Å². The Morgan fingerprint density at radius 1 is 1.02 bits per heavy atom. The van der Waals surface area contributed by atoms with Gasteiger partial charge in [-0.25, -0.2) is 13.1 Å².